The van der Waals surface area contributed by atoms with E-state index in [1.807, 2.05) is 0 Å². The van der Waals surface area contributed by atoms with Crippen LogP contribution in [0.3, 0.4) is 0 Å². The Morgan fingerprint density at radius 2 is 1.46 bits per heavy atom. The van der Waals surface area contributed by atoms with Gasteiger partial charge in [-0.3, -0.25) is 0 Å². The lowest BCUT2D eigenvalue weighted by Crippen LogP contribution is -2.11. The molecule has 1 atom stereocenters. The van der Waals surface area contributed by atoms with Gasteiger partial charge in [0.15, 0.2) is 11.5 Å². The molecule has 2 rings (SSSR count). The summed E-state index contributed by atoms with van der Waals surface area (Å²) in [7, 11) is 0. The van der Waals surface area contributed by atoms with Crippen molar-refractivity contribution in [2.75, 3.05) is 0 Å². The van der Waals surface area contributed by atoms with Crippen molar-refractivity contribution >= 4 is 0 Å². The molecule has 0 spiro atoms. The highest BCUT2D eigenvalue weighted by molar-refractivity contribution is 5.48. The molecule has 5 N–H and O–H groups in total. The van der Waals surface area contributed by atoms with Crippen molar-refractivity contribution in [3.8, 4) is 23.0 Å². The van der Waals surface area contributed by atoms with E-state index in [4.69, 9.17) is 0 Å². The van der Waals surface area contributed by atoms with Crippen molar-refractivity contribution in [1.82, 2.24) is 0 Å². The van der Waals surface area contributed by atoms with Gasteiger partial charge in [0.25, 0.3) is 0 Å². The van der Waals surface area contributed by atoms with E-state index in [0.29, 0.717) is 24.0 Å². The highest BCUT2D eigenvalue weighted by Crippen LogP contribution is 2.32. The van der Waals surface area contributed by atoms with Gasteiger partial charge in [-0.15, -0.1) is 0 Å². The minimum atomic E-state index is -0.798. The van der Waals surface area contributed by atoms with Gasteiger partial charge in [-0.1, -0.05) is 18.2 Å². The van der Waals surface area contributed by atoms with E-state index in [1.165, 1.54) is 12.1 Å². The van der Waals surface area contributed by atoms with Gasteiger partial charge in [0.05, 0.1) is 6.10 Å². The molecule has 2 aromatic rings. The van der Waals surface area contributed by atoms with Crippen LogP contribution in [0, 0.1) is 0 Å². The topological polar surface area (TPSA) is 101 Å². The van der Waals surface area contributed by atoms with Crippen LogP contribution >= 0.6 is 0 Å². The summed E-state index contributed by atoms with van der Waals surface area (Å²) in [5.41, 5.74) is 2.55. The predicted molar refractivity (Wildman–Crippen MR) is 91.5 cm³/mol. The molecule has 0 aliphatic heterocycles. The Morgan fingerprint density at radius 1 is 0.917 bits per heavy atom. The van der Waals surface area contributed by atoms with Crippen LogP contribution in [0.5, 0.6) is 23.0 Å². The van der Waals surface area contributed by atoms with Crippen LogP contribution in [0.1, 0.15) is 23.6 Å². The lowest BCUT2D eigenvalue weighted by atomic mass is 9.97. The fourth-order valence-corrected chi connectivity index (χ4v) is 2.51. The molecule has 5 heteroatoms. The Bertz CT molecular complexity index is 731. The first kappa shape index (κ1) is 17.7. The van der Waals surface area contributed by atoms with Gasteiger partial charge in [0.2, 0.25) is 0 Å². The largest absolute Gasteiger partial charge is 0.508 e. The highest BCUT2D eigenvalue weighted by atomic mass is 16.3. The summed E-state index contributed by atoms with van der Waals surface area (Å²) in [4.78, 5) is 0. The van der Waals surface area contributed by atoms with E-state index >= 15 is 0 Å². The maximum Gasteiger partial charge on any atom is 0.160 e. The number of aryl methyl sites for hydroxylation is 2. The van der Waals surface area contributed by atoms with Gasteiger partial charge in [-0.05, 0) is 49.1 Å². The molecule has 0 radical (unpaired) electrons. The molecule has 0 saturated heterocycles. The lowest BCUT2D eigenvalue weighted by molar-refractivity contribution is 0.210. The zero-order chi connectivity index (χ0) is 17.9. The summed E-state index contributed by atoms with van der Waals surface area (Å²) in [6.07, 6.45) is 0.436. The Balaban J connectivity index is 2.18. The first-order valence-corrected chi connectivity index (χ1v) is 7.65. The number of aromatic hydroxyl groups is 4. The average Bonchev–Trinajstić information content (AvgIpc) is 2.48. The van der Waals surface area contributed by atoms with Gasteiger partial charge in [-0.25, -0.2) is 0 Å². The van der Waals surface area contributed by atoms with Crippen molar-refractivity contribution in [1.29, 1.82) is 0 Å². The Morgan fingerprint density at radius 3 is 2.00 bits per heavy atom. The third-order valence-electron chi connectivity index (χ3n) is 3.88. The van der Waals surface area contributed by atoms with Gasteiger partial charge in [-0.2, -0.15) is 0 Å². The summed E-state index contributed by atoms with van der Waals surface area (Å²) in [5.74, 6) is -0.503. The number of aliphatic hydroxyl groups excluding tert-OH is 1. The van der Waals surface area contributed by atoms with Gasteiger partial charge >= 0.3 is 0 Å². The maximum atomic E-state index is 9.95. The Labute approximate surface area is 140 Å². The van der Waals surface area contributed by atoms with Crippen LogP contribution in [-0.4, -0.2) is 31.6 Å². The molecule has 0 fully saturated rings. The molecule has 0 bridgehead atoms. The third-order valence-corrected chi connectivity index (χ3v) is 3.88. The number of rotatable bonds is 6. The number of phenolic OH excluding ortho intramolecular Hbond substituents is 4. The third kappa shape index (κ3) is 4.43. The number of hydrogen-bond acceptors (Lipinski definition) is 5. The molecule has 128 valence electrons. The number of phenols is 4. The summed E-state index contributed by atoms with van der Waals surface area (Å²) in [5, 5.41) is 48.7. The summed E-state index contributed by atoms with van der Waals surface area (Å²) in [6.45, 7) is 5.37. The molecule has 0 heterocycles. The molecule has 24 heavy (non-hydrogen) atoms. The number of benzene rings is 2. The molecule has 0 amide bonds. The molecule has 2 aromatic carbocycles. The molecule has 0 saturated carbocycles. The minimum absolute atomic E-state index is 0.0103. The molecule has 0 aliphatic rings. The molecule has 5 nitrogen and oxygen atoms in total. The van der Waals surface area contributed by atoms with Gasteiger partial charge < -0.3 is 25.5 Å². The summed E-state index contributed by atoms with van der Waals surface area (Å²) >= 11 is 0. The minimum Gasteiger partial charge on any atom is -0.508 e. The van der Waals surface area contributed by atoms with Crippen LogP contribution in [0.15, 0.2) is 42.5 Å². The highest BCUT2D eigenvalue weighted by Gasteiger charge is 2.14. The average molecular weight is 330 g/mol. The second-order valence-electron chi connectivity index (χ2n) is 6.05. The van der Waals surface area contributed by atoms with Crippen molar-refractivity contribution in [2.45, 2.75) is 32.3 Å². The van der Waals surface area contributed by atoms with Crippen LogP contribution in [-0.2, 0) is 19.3 Å². The van der Waals surface area contributed by atoms with Crippen LogP contribution < -0.4 is 0 Å². The second kappa shape index (κ2) is 7.27. The number of hydrogen-bond donors (Lipinski definition) is 5. The van der Waals surface area contributed by atoms with Crippen LogP contribution in [0.4, 0.5) is 0 Å². The zero-order valence-corrected chi connectivity index (χ0v) is 13.5. The monoisotopic (exact) mass is 330 g/mol. The van der Waals surface area contributed by atoms with Crippen molar-refractivity contribution in [3.63, 3.8) is 0 Å². The van der Waals surface area contributed by atoms with E-state index in [9.17, 15) is 25.5 Å². The fourth-order valence-electron chi connectivity index (χ4n) is 2.51. The standard InChI is InChI=1S/C19H22O5/c1-11(2)17(22)9-14-5-12(8-18(23)19(14)24)3-4-13-6-15(20)10-16(21)7-13/h5-8,10,17,20-24H,1,3-4,9H2,2H3. The van der Waals surface area contributed by atoms with E-state index < -0.39 is 6.10 Å². The number of aliphatic hydroxyl groups is 1. The van der Waals surface area contributed by atoms with Crippen LogP contribution in [0.25, 0.3) is 0 Å². The Hall–Kier alpha value is -2.66. The molecule has 0 aliphatic carbocycles. The molecular weight excluding hydrogens is 308 g/mol. The predicted octanol–water partition coefficient (Wildman–Crippen LogP) is 2.77. The summed E-state index contributed by atoms with van der Waals surface area (Å²) < 4.78 is 0. The zero-order valence-electron chi connectivity index (χ0n) is 13.5. The SMILES string of the molecule is C=C(C)C(O)Cc1cc(CCc2cc(O)cc(O)c2)cc(O)c1O. The van der Waals surface area contributed by atoms with E-state index in [2.05, 4.69) is 6.58 Å². The molecular formula is C19H22O5. The van der Waals surface area contributed by atoms with Crippen molar-refractivity contribution < 1.29 is 25.5 Å². The summed E-state index contributed by atoms with van der Waals surface area (Å²) in [6, 6.07) is 7.57. The lowest BCUT2D eigenvalue weighted by Gasteiger charge is -2.14. The normalized spacial score (nSPS) is 12.1. The molecule has 1 unspecified atom stereocenters. The first-order valence-electron chi connectivity index (χ1n) is 7.65. The van der Waals surface area contributed by atoms with Crippen molar-refractivity contribution in [2.24, 2.45) is 0 Å². The smallest absolute Gasteiger partial charge is 0.160 e. The van der Waals surface area contributed by atoms with E-state index in [0.717, 1.165) is 11.1 Å². The Kier molecular flexibility index (Phi) is 5.36. The maximum absolute atomic E-state index is 9.95. The van der Waals surface area contributed by atoms with Crippen LogP contribution in [0.2, 0.25) is 0 Å². The van der Waals surface area contributed by atoms with Gasteiger partial charge in [0.1, 0.15) is 11.5 Å². The second-order valence-corrected chi connectivity index (χ2v) is 6.05. The van der Waals surface area contributed by atoms with E-state index in [-0.39, 0.29) is 29.4 Å². The first-order chi connectivity index (χ1) is 11.3. The fraction of sp³-hybridized carbons (Fsp3) is 0.263. The molecule has 0 aromatic heterocycles. The van der Waals surface area contributed by atoms with E-state index in [1.54, 1.807) is 25.1 Å². The quantitative estimate of drug-likeness (QED) is 0.414. The van der Waals surface area contributed by atoms with Gasteiger partial charge in [0, 0.05) is 18.1 Å². The van der Waals surface area contributed by atoms with Crippen molar-refractivity contribution in [3.05, 3.63) is 59.2 Å².